The molecular formula is C22H24O7. The Labute approximate surface area is 167 Å². The minimum Gasteiger partial charge on any atom is -0.507 e. The van der Waals surface area contributed by atoms with Gasteiger partial charge in [-0.3, -0.25) is 4.79 Å². The number of phenols is 1. The van der Waals surface area contributed by atoms with E-state index in [1.807, 2.05) is 20.8 Å². The number of fused-ring (bicyclic) bond motifs is 4. The molecule has 29 heavy (non-hydrogen) atoms. The number of carbonyl (C=O) groups is 1. The molecule has 0 unspecified atom stereocenters. The number of benzene rings is 1. The fraction of sp³-hybridized carbons (Fsp3) is 0.545. The normalized spacial score (nSPS) is 32.6. The number of phenolic OH excluding ortho intramolecular Hbond substituents is 1. The van der Waals surface area contributed by atoms with Crippen LogP contribution in [0.5, 0.6) is 11.5 Å². The molecule has 0 saturated carbocycles. The Bertz CT molecular complexity index is 1100. The number of rotatable bonds is 0. The van der Waals surface area contributed by atoms with Crippen LogP contribution in [0, 0.1) is 6.92 Å². The van der Waals surface area contributed by atoms with Crippen molar-refractivity contribution in [3.63, 3.8) is 0 Å². The van der Waals surface area contributed by atoms with Crippen LogP contribution in [-0.4, -0.2) is 34.5 Å². The first kappa shape index (κ1) is 18.5. The third-order valence-corrected chi connectivity index (χ3v) is 6.54. The maximum Gasteiger partial charge on any atom is 0.341 e. The van der Waals surface area contributed by atoms with Crippen LogP contribution in [0.15, 0.2) is 21.3 Å². The second-order valence-electron chi connectivity index (χ2n) is 8.91. The van der Waals surface area contributed by atoms with Gasteiger partial charge in [-0.15, -0.1) is 0 Å². The molecule has 2 fully saturated rings. The number of aryl methyl sites for hydroxylation is 1. The van der Waals surface area contributed by atoms with Crippen molar-refractivity contribution in [2.24, 2.45) is 0 Å². The molecule has 0 bridgehead atoms. The smallest absolute Gasteiger partial charge is 0.341 e. The predicted octanol–water partition coefficient (Wildman–Crippen LogP) is 3.31. The van der Waals surface area contributed by atoms with Gasteiger partial charge in [-0.25, -0.2) is 4.79 Å². The van der Waals surface area contributed by atoms with Gasteiger partial charge in [-0.1, -0.05) is 0 Å². The summed E-state index contributed by atoms with van der Waals surface area (Å²) in [5.41, 5.74) is -1.21. The van der Waals surface area contributed by atoms with Crippen molar-refractivity contribution in [3.05, 3.63) is 33.7 Å². The van der Waals surface area contributed by atoms with Gasteiger partial charge in [0.2, 0.25) is 0 Å². The second-order valence-corrected chi connectivity index (χ2v) is 8.91. The fourth-order valence-corrected chi connectivity index (χ4v) is 5.01. The summed E-state index contributed by atoms with van der Waals surface area (Å²) >= 11 is 0. The van der Waals surface area contributed by atoms with E-state index in [-0.39, 0.29) is 40.1 Å². The molecule has 2 saturated heterocycles. The highest BCUT2D eigenvalue weighted by molar-refractivity contribution is 5.88. The van der Waals surface area contributed by atoms with Crippen molar-refractivity contribution in [1.82, 2.24) is 0 Å². The first-order chi connectivity index (χ1) is 13.6. The van der Waals surface area contributed by atoms with Crippen molar-refractivity contribution < 1.29 is 28.5 Å². The molecule has 0 radical (unpaired) electrons. The standard InChI is InChI=1S/C22H24O7/c1-10-8-13(23)17-14(26-10)9-15-16(18(17)24)12-6-5-7-22(11(2)28-22)20(25)27-19(12)21(3,4)29-15/h8-9,11-12,19,24H,5-7H2,1-4H3/t11-,12+,19-,22+/m1/s1. The second kappa shape index (κ2) is 5.75. The lowest BCUT2D eigenvalue weighted by Crippen LogP contribution is -2.53. The van der Waals surface area contributed by atoms with Gasteiger partial charge in [0.1, 0.15) is 39.9 Å². The van der Waals surface area contributed by atoms with Crippen LogP contribution in [0.1, 0.15) is 57.3 Å². The molecule has 4 heterocycles. The Morgan fingerprint density at radius 2 is 1.93 bits per heavy atom. The van der Waals surface area contributed by atoms with E-state index in [0.29, 0.717) is 29.9 Å². The van der Waals surface area contributed by atoms with Gasteiger partial charge in [-0.2, -0.15) is 0 Å². The van der Waals surface area contributed by atoms with Gasteiger partial charge >= 0.3 is 5.97 Å². The monoisotopic (exact) mass is 400 g/mol. The number of esters is 1. The molecule has 3 aliphatic heterocycles. The third-order valence-electron chi connectivity index (χ3n) is 6.54. The highest BCUT2D eigenvalue weighted by Crippen LogP contribution is 2.53. The van der Waals surface area contributed by atoms with Crippen molar-refractivity contribution in [2.75, 3.05) is 0 Å². The molecule has 2 aromatic rings. The Morgan fingerprint density at radius 3 is 2.62 bits per heavy atom. The Balaban J connectivity index is 1.67. The Morgan fingerprint density at radius 1 is 1.21 bits per heavy atom. The van der Waals surface area contributed by atoms with E-state index in [2.05, 4.69) is 0 Å². The Hall–Kier alpha value is -2.54. The summed E-state index contributed by atoms with van der Waals surface area (Å²) in [6, 6.07) is 3.01. The highest BCUT2D eigenvalue weighted by Gasteiger charge is 2.63. The molecule has 1 N–H and O–H groups in total. The van der Waals surface area contributed by atoms with Gasteiger partial charge in [0, 0.05) is 23.6 Å². The van der Waals surface area contributed by atoms with Gasteiger partial charge < -0.3 is 23.7 Å². The van der Waals surface area contributed by atoms with E-state index in [9.17, 15) is 14.7 Å². The van der Waals surface area contributed by atoms with Gasteiger partial charge in [0.05, 0.1) is 6.10 Å². The van der Waals surface area contributed by atoms with Crippen LogP contribution < -0.4 is 10.2 Å². The molecule has 7 heteroatoms. The van der Waals surface area contributed by atoms with E-state index in [1.165, 1.54) is 6.07 Å². The largest absolute Gasteiger partial charge is 0.507 e. The SMILES string of the molecule is Cc1cc(=O)c2c(O)c3c(cc2o1)OC(C)(C)[C@@H]1OC(=O)[C@@]2(CCC[C@@H]31)O[C@@H]2C. The number of epoxide rings is 1. The quantitative estimate of drug-likeness (QED) is 0.535. The molecule has 0 aliphatic carbocycles. The van der Waals surface area contributed by atoms with E-state index in [1.54, 1.807) is 13.0 Å². The molecular weight excluding hydrogens is 376 g/mol. The zero-order valence-electron chi connectivity index (χ0n) is 16.9. The lowest BCUT2D eigenvalue weighted by atomic mass is 9.76. The van der Waals surface area contributed by atoms with E-state index < -0.39 is 17.3 Å². The van der Waals surface area contributed by atoms with Crippen LogP contribution in [0.4, 0.5) is 0 Å². The highest BCUT2D eigenvalue weighted by atomic mass is 16.7. The zero-order chi connectivity index (χ0) is 20.7. The van der Waals surface area contributed by atoms with E-state index in [4.69, 9.17) is 18.6 Å². The van der Waals surface area contributed by atoms with Crippen molar-refractivity contribution in [3.8, 4) is 11.5 Å². The van der Waals surface area contributed by atoms with Crippen LogP contribution in [0.3, 0.4) is 0 Å². The lowest BCUT2D eigenvalue weighted by molar-refractivity contribution is -0.173. The predicted molar refractivity (Wildman–Crippen MR) is 103 cm³/mol. The zero-order valence-corrected chi connectivity index (χ0v) is 16.9. The van der Waals surface area contributed by atoms with Crippen molar-refractivity contribution >= 4 is 16.9 Å². The average Bonchev–Trinajstić information content (AvgIpc) is 3.26. The molecule has 3 aliphatic rings. The van der Waals surface area contributed by atoms with Crippen molar-refractivity contribution in [2.45, 2.75) is 76.3 Å². The maximum absolute atomic E-state index is 12.9. The average molecular weight is 400 g/mol. The molecule has 5 rings (SSSR count). The summed E-state index contributed by atoms with van der Waals surface area (Å²) in [5, 5.41) is 11.2. The number of aromatic hydroxyl groups is 1. The van der Waals surface area contributed by atoms with Crippen LogP contribution >= 0.6 is 0 Å². The summed E-state index contributed by atoms with van der Waals surface area (Å²) < 4.78 is 23.4. The van der Waals surface area contributed by atoms with Crippen LogP contribution in [0.2, 0.25) is 0 Å². The molecule has 7 nitrogen and oxygen atoms in total. The van der Waals surface area contributed by atoms with Gasteiger partial charge in [0.15, 0.2) is 11.0 Å². The van der Waals surface area contributed by atoms with Gasteiger partial charge in [0.25, 0.3) is 0 Å². The summed E-state index contributed by atoms with van der Waals surface area (Å²) in [4.78, 5) is 25.4. The van der Waals surface area contributed by atoms with Gasteiger partial charge in [-0.05, 0) is 47.0 Å². The summed E-state index contributed by atoms with van der Waals surface area (Å²) in [6.45, 7) is 7.28. The first-order valence-corrected chi connectivity index (χ1v) is 10.0. The Kier molecular flexibility index (Phi) is 3.67. The minimum absolute atomic E-state index is 0.125. The van der Waals surface area contributed by atoms with E-state index >= 15 is 0 Å². The first-order valence-electron chi connectivity index (χ1n) is 10.0. The molecule has 154 valence electrons. The fourth-order valence-electron chi connectivity index (χ4n) is 5.01. The third kappa shape index (κ3) is 2.53. The topological polar surface area (TPSA) is 98.5 Å². The van der Waals surface area contributed by atoms with Crippen molar-refractivity contribution in [1.29, 1.82) is 0 Å². The summed E-state index contributed by atoms with van der Waals surface area (Å²) in [6.07, 6.45) is 1.21. The molecule has 0 amide bonds. The van der Waals surface area contributed by atoms with Crippen LogP contribution in [-0.2, 0) is 14.3 Å². The van der Waals surface area contributed by atoms with Crippen LogP contribution in [0.25, 0.3) is 11.0 Å². The maximum atomic E-state index is 12.9. The molecule has 1 spiro atoms. The molecule has 4 atom stereocenters. The van der Waals surface area contributed by atoms with E-state index in [0.717, 1.165) is 6.42 Å². The lowest BCUT2D eigenvalue weighted by Gasteiger charge is -2.45. The number of carbonyl (C=O) groups excluding carboxylic acids is 1. The summed E-state index contributed by atoms with van der Waals surface area (Å²) in [7, 11) is 0. The number of hydrogen-bond donors (Lipinski definition) is 1. The summed E-state index contributed by atoms with van der Waals surface area (Å²) in [5.74, 6) is 0.0829. The number of ether oxygens (including phenoxy) is 3. The molecule has 1 aromatic carbocycles. The number of hydrogen-bond acceptors (Lipinski definition) is 7. The minimum atomic E-state index is -0.856. The molecule has 1 aromatic heterocycles.